The first-order valence-electron chi connectivity index (χ1n) is 6.96. The Kier molecular flexibility index (Phi) is 4.77. The van der Waals surface area contributed by atoms with Gasteiger partial charge in [0.05, 0.1) is 18.9 Å². The van der Waals surface area contributed by atoms with E-state index in [1.54, 1.807) is 7.11 Å². The molecule has 4 nitrogen and oxygen atoms in total. The van der Waals surface area contributed by atoms with Crippen LogP contribution in [0.15, 0.2) is 6.20 Å². The van der Waals surface area contributed by atoms with E-state index < -0.39 is 0 Å². The molecule has 2 unspecified atom stereocenters. The zero-order valence-corrected chi connectivity index (χ0v) is 12.3. The van der Waals surface area contributed by atoms with Crippen LogP contribution in [0, 0.1) is 13.8 Å². The van der Waals surface area contributed by atoms with Crippen LogP contribution in [0.4, 0.5) is 0 Å². The number of hydrogen-bond donors (Lipinski definition) is 1. The lowest BCUT2D eigenvalue weighted by Gasteiger charge is -2.28. The van der Waals surface area contributed by atoms with Crippen molar-refractivity contribution in [3.8, 4) is 5.75 Å². The molecule has 19 heavy (non-hydrogen) atoms. The third kappa shape index (κ3) is 3.45. The van der Waals surface area contributed by atoms with E-state index in [1.165, 1.54) is 0 Å². The van der Waals surface area contributed by atoms with Gasteiger partial charge in [-0.25, -0.2) is 0 Å². The summed E-state index contributed by atoms with van der Waals surface area (Å²) in [5, 5.41) is 3.58. The lowest BCUT2D eigenvalue weighted by Crippen LogP contribution is -2.37. The molecule has 0 saturated carbocycles. The minimum atomic E-state index is 0.355. The summed E-state index contributed by atoms with van der Waals surface area (Å²) in [6, 6.07) is 0.525. The van der Waals surface area contributed by atoms with E-state index in [2.05, 4.69) is 24.1 Å². The predicted octanol–water partition coefficient (Wildman–Crippen LogP) is 2.36. The molecule has 0 spiro atoms. The standard InChI is InChI=1S/C15H24N2O2/c1-10-8-17-14(12(3)15(10)18-4)9-16-13-5-6-19-11(2)7-13/h8,11,13,16H,5-7,9H2,1-4H3. The molecule has 2 atom stereocenters. The van der Waals surface area contributed by atoms with E-state index in [0.717, 1.165) is 48.6 Å². The largest absolute Gasteiger partial charge is 0.496 e. The highest BCUT2D eigenvalue weighted by Crippen LogP contribution is 2.24. The molecule has 0 bridgehead atoms. The van der Waals surface area contributed by atoms with Crippen LogP contribution < -0.4 is 10.1 Å². The number of pyridine rings is 1. The molecular formula is C15H24N2O2. The maximum Gasteiger partial charge on any atom is 0.128 e. The van der Waals surface area contributed by atoms with Gasteiger partial charge in [0.2, 0.25) is 0 Å². The summed E-state index contributed by atoms with van der Waals surface area (Å²) in [5.74, 6) is 0.951. The number of methoxy groups -OCH3 is 1. The van der Waals surface area contributed by atoms with Gasteiger partial charge in [-0.2, -0.15) is 0 Å². The van der Waals surface area contributed by atoms with Crippen LogP contribution in [0.5, 0.6) is 5.75 Å². The maximum atomic E-state index is 5.56. The Morgan fingerprint density at radius 3 is 2.95 bits per heavy atom. The van der Waals surface area contributed by atoms with Gasteiger partial charge < -0.3 is 14.8 Å². The zero-order chi connectivity index (χ0) is 13.8. The Hall–Kier alpha value is -1.13. The summed E-state index contributed by atoms with van der Waals surface area (Å²) >= 11 is 0. The lowest BCUT2D eigenvalue weighted by molar-refractivity contribution is 0.0130. The van der Waals surface area contributed by atoms with Crippen LogP contribution in [0.3, 0.4) is 0 Å². The molecule has 1 aliphatic rings. The molecular weight excluding hydrogens is 240 g/mol. The average molecular weight is 264 g/mol. The molecule has 1 fully saturated rings. The third-order valence-electron chi connectivity index (χ3n) is 3.79. The van der Waals surface area contributed by atoms with Gasteiger partial charge in [0.1, 0.15) is 5.75 Å². The van der Waals surface area contributed by atoms with E-state index in [0.29, 0.717) is 12.1 Å². The van der Waals surface area contributed by atoms with Gasteiger partial charge >= 0.3 is 0 Å². The van der Waals surface area contributed by atoms with Gasteiger partial charge in [-0.15, -0.1) is 0 Å². The molecule has 1 N–H and O–H groups in total. The second-order valence-corrected chi connectivity index (χ2v) is 5.33. The van der Waals surface area contributed by atoms with Crippen LogP contribution in [-0.4, -0.2) is 30.8 Å². The molecule has 0 amide bonds. The normalized spacial score (nSPS) is 23.4. The molecule has 0 radical (unpaired) electrons. The highest BCUT2D eigenvalue weighted by atomic mass is 16.5. The quantitative estimate of drug-likeness (QED) is 0.906. The minimum Gasteiger partial charge on any atom is -0.496 e. The number of aromatic nitrogens is 1. The molecule has 1 saturated heterocycles. The molecule has 4 heteroatoms. The second kappa shape index (κ2) is 6.35. The summed E-state index contributed by atoms with van der Waals surface area (Å²) in [6.07, 6.45) is 4.39. The van der Waals surface area contributed by atoms with Crippen LogP contribution >= 0.6 is 0 Å². The number of hydrogen-bond acceptors (Lipinski definition) is 4. The molecule has 1 aromatic heterocycles. The Bertz CT molecular complexity index is 434. The number of rotatable bonds is 4. The summed E-state index contributed by atoms with van der Waals surface area (Å²) in [6.45, 7) is 7.87. The van der Waals surface area contributed by atoms with Gasteiger partial charge in [-0.1, -0.05) is 0 Å². The fourth-order valence-electron chi connectivity index (χ4n) is 2.67. The Morgan fingerprint density at radius 2 is 2.26 bits per heavy atom. The minimum absolute atomic E-state index is 0.355. The summed E-state index contributed by atoms with van der Waals surface area (Å²) < 4.78 is 11.0. The fraction of sp³-hybridized carbons (Fsp3) is 0.667. The Labute approximate surface area is 115 Å². The zero-order valence-electron chi connectivity index (χ0n) is 12.3. The maximum absolute atomic E-state index is 5.56. The van der Waals surface area contributed by atoms with Crippen molar-refractivity contribution < 1.29 is 9.47 Å². The SMILES string of the molecule is COc1c(C)cnc(CNC2CCOC(C)C2)c1C. The molecule has 1 aromatic rings. The van der Waals surface area contributed by atoms with Crippen molar-refractivity contribution in [1.29, 1.82) is 0 Å². The molecule has 1 aliphatic heterocycles. The monoisotopic (exact) mass is 264 g/mol. The first-order valence-corrected chi connectivity index (χ1v) is 6.96. The van der Waals surface area contributed by atoms with Crippen molar-refractivity contribution in [1.82, 2.24) is 10.3 Å². The van der Waals surface area contributed by atoms with E-state index in [4.69, 9.17) is 9.47 Å². The van der Waals surface area contributed by atoms with Crippen molar-refractivity contribution in [2.75, 3.05) is 13.7 Å². The van der Waals surface area contributed by atoms with Gasteiger partial charge in [-0.05, 0) is 33.6 Å². The van der Waals surface area contributed by atoms with Crippen molar-refractivity contribution in [3.05, 3.63) is 23.0 Å². The smallest absolute Gasteiger partial charge is 0.128 e. The van der Waals surface area contributed by atoms with Crippen LogP contribution in [0.2, 0.25) is 0 Å². The average Bonchev–Trinajstić information content (AvgIpc) is 2.38. The number of nitrogens with zero attached hydrogens (tertiary/aromatic N) is 1. The van der Waals surface area contributed by atoms with E-state index in [1.807, 2.05) is 13.1 Å². The number of ether oxygens (including phenoxy) is 2. The molecule has 2 rings (SSSR count). The van der Waals surface area contributed by atoms with E-state index in [-0.39, 0.29) is 0 Å². The van der Waals surface area contributed by atoms with Gasteiger partial charge in [0.15, 0.2) is 0 Å². The predicted molar refractivity (Wildman–Crippen MR) is 75.5 cm³/mol. The lowest BCUT2D eigenvalue weighted by atomic mass is 10.0. The van der Waals surface area contributed by atoms with Crippen LogP contribution in [0.25, 0.3) is 0 Å². The van der Waals surface area contributed by atoms with Crippen LogP contribution in [0.1, 0.15) is 36.6 Å². The second-order valence-electron chi connectivity index (χ2n) is 5.33. The van der Waals surface area contributed by atoms with Gasteiger partial charge in [-0.3, -0.25) is 4.98 Å². The van der Waals surface area contributed by atoms with Crippen LogP contribution in [-0.2, 0) is 11.3 Å². The molecule has 0 aliphatic carbocycles. The Balaban J connectivity index is 1.99. The first kappa shape index (κ1) is 14.3. The fourth-order valence-corrected chi connectivity index (χ4v) is 2.67. The number of nitrogens with one attached hydrogen (secondary N) is 1. The molecule has 2 heterocycles. The Morgan fingerprint density at radius 1 is 1.47 bits per heavy atom. The number of aryl methyl sites for hydroxylation is 1. The molecule has 0 aromatic carbocycles. The molecule has 106 valence electrons. The summed E-state index contributed by atoms with van der Waals surface area (Å²) in [4.78, 5) is 4.52. The summed E-state index contributed by atoms with van der Waals surface area (Å²) in [5.41, 5.74) is 3.29. The first-order chi connectivity index (χ1) is 9.11. The van der Waals surface area contributed by atoms with Gasteiger partial charge in [0, 0.05) is 36.5 Å². The van der Waals surface area contributed by atoms with Crippen molar-refractivity contribution in [3.63, 3.8) is 0 Å². The summed E-state index contributed by atoms with van der Waals surface area (Å²) in [7, 11) is 1.71. The van der Waals surface area contributed by atoms with Crippen molar-refractivity contribution in [2.24, 2.45) is 0 Å². The highest BCUT2D eigenvalue weighted by molar-refractivity contribution is 5.40. The third-order valence-corrected chi connectivity index (χ3v) is 3.79. The van der Waals surface area contributed by atoms with E-state index >= 15 is 0 Å². The van der Waals surface area contributed by atoms with Gasteiger partial charge in [0.25, 0.3) is 0 Å². The highest BCUT2D eigenvalue weighted by Gasteiger charge is 2.19. The van der Waals surface area contributed by atoms with Crippen molar-refractivity contribution >= 4 is 0 Å². The van der Waals surface area contributed by atoms with E-state index in [9.17, 15) is 0 Å². The topological polar surface area (TPSA) is 43.4 Å². The van der Waals surface area contributed by atoms with Crippen molar-refractivity contribution in [2.45, 2.75) is 52.3 Å².